The van der Waals surface area contributed by atoms with Crippen molar-refractivity contribution in [3.8, 4) is 0 Å². The summed E-state index contributed by atoms with van der Waals surface area (Å²) in [5, 5.41) is 12.4. The van der Waals surface area contributed by atoms with Crippen molar-refractivity contribution < 1.29 is 9.90 Å². The second-order valence-corrected chi connectivity index (χ2v) is 5.48. The number of hydrogen-bond acceptors (Lipinski definition) is 4. The highest BCUT2D eigenvalue weighted by atomic mass is 16.4. The summed E-state index contributed by atoms with van der Waals surface area (Å²) >= 11 is 0. The van der Waals surface area contributed by atoms with Crippen molar-refractivity contribution in [2.75, 3.05) is 11.9 Å². The number of nitrogens with one attached hydrogen (secondary N) is 1. The summed E-state index contributed by atoms with van der Waals surface area (Å²) in [6.45, 7) is 4.71. The lowest BCUT2D eigenvalue weighted by Gasteiger charge is -2.14. The molecule has 5 heteroatoms. The highest BCUT2D eigenvalue weighted by Gasteiger charge is 2.18. The summed E-state index contributed by atoms with van der Waals surface area (Å²) in [5.41, 5.74) is 0.612. The summed E-state index contributed by atoms with van der Waals surface area (Å²) in [7, 11) is 0. The standard InChI is InChI=1S/C14H21N3O2/c1-9(2)13-16-8-11(12(17-13)14(18)19)15-7-10-5-3-4-6-10/h8-10,15H,3-7H2,1-2H3,(H,18,19). The molecule has 0 spiro atoms. The quantitative estimate of drug-likeness (QED) is 0.854. The van der Waals surface area contributed by atoms with Crippen molar-refractivity contribution in [1.29, 1.82) is 0 Å². The van der Waals surface area contributed by atoms with Gasteiger partial charge in [-0.05, 0) is 18.8 Å². The first-order valence-electron chi connectivity index (χ1n) is 6.92. The average molecular weight is 263 g/mol. The minimum atomic E-state index is -1.00. The molecule has 0 aromatic carbocycles. The zero-order valence-electron chi connectivity index (χ0n) is 11.5. The Balaban J connectivity index is 2.11. The lowest BCUT2D eigenvalue weighted by atomic mass is 10.1. The fourth-order valence-corrected chi connectivity index (χ4v) is 2.43. The van der Waals surface area contributed by atoms with Gasteiger partial charge in [-0.25, -0.2) is 14.8 Å². The van der Waals surface area contributed by atoms with E-state index in [0.717, 1.165) is 6.54 Å². The maximum Gasteiger partial charge on any atom is 0.356 e. The largest absolute Gasteiger partial charge is 0.476 e. The van der Waals surface area contributed by atoms with E-state index in [-0.39, 0.29) is 11.6 Å². The molecule has 0 saturated heterocycles. The molecular weight excluding hydrogens is 242 g/mol. The van der Waals surface area contributed by atoms with Crippen molar-refractivity contribution in [3.05, 3.63) is 17.7 Å². The summed E-state index contributed by atoms with van der Waals surface area (Å²) < 4.78 is 0. The molecule has 0 radical (unpaired) electrons. The Kier molecular flexibility index (Phi) is 4.35. The zero-order chi connectivity index (χ0) is 13.8. The summed E-state index contributed by atoms with van der Waals surface area (Å²) in [6.07, 6.45) is 6.60. The molecule has 2 rings (SSSR count). The molecule has 5 nitrogen and oxygen atoms in total. The zero-order valence-corrected chi connectivity index (χ0v) is 11.5. The van der Waals surface area contributed by atoms with E-state index in [0.29, 0.717) is 17.4 Å². The van der Waals surface area contributed by atoms with Gasteiger partial charge in [-0.15, -0.1) is 0 Å². The van der Waals surface area contributed by atoms with Gasteiger partial charge in [0.1, 0.15) is 5.82 Å². The molecule has 19 heavy (non-hydrogen) atoms. The average Bonchev–Trinajstić information content (AvgIpc) is 2.89. The number of hydrogen-bond donors (Lipinski definition) is 2. The minimum Gasteiger partial charge on any atom is -0.476 e. The number of rotatable bonds is 5. The van der Waals surface area contributed by atoms with Crippen molar-refractivity contribution in [1.82, 2.24) is 9.97 Å². The smallest absolute Gasteiger partial charge is 0.356 e. The van der Waals surface area contributed by atoms with Crippen LogP contribution in [0.4, 0.5) is 5.69 Å². The van der Waals surface area contributed by atoms with Gasteiger partial charge < -0.3 is 10.4 Å². The van der Waals surface area contributed by atoms with Crippen LogP contribution in [0.5, 0.6) is 0 Å². The van der Waals surface area contributed by atoms with Crippen LogP contribution in [0.15, 0.2) is 6.20 Å². The van der Waals surface area contributed by atoms with E-state index in [9.17, 15) is 9.90 Å². The lowest BCUT2D eigenvalue weighted by molar-refractivity contribution is 0.0691. The third-order valence-electron chi connectivity index (χ3n) is 3.58. The molecule has 1 aliphatic carbocycles. The first-order chi connectivity index (χ1) is 9.08. The van der Waals surface area contributed by atoms with E-state index in [4.69, 9.17) is 0 Å². The van der Waals surface area contributed by atoms with Crippen molar-refractivity contribution in [3.63, 3.8) is 0 Å². The molecule has 0 bridgehead atoms. The summed E-state index contributed by atoms with van der Waals surface area (Å²) in [5.74, 6) is 0.343. The molecule has 1 aromatic rings. The molecular formula is C14H21N3O2. The monoisotopic (exact) mass is 263 g/mol. The topological polar surface area (TPSA) is 75.1 Å². The summed E-state index contributed by atoms with van der Waals surface area (Å²) in [4.78, 5) is 19.6. The number of carboxylic acids is 1. The van der Waals surface area contributed by atoms with Gasteiger partial charge in [-0.3, -0.25) is 0 Å². The van der Waals surface area contributed by atoms with E-state index in [1.165, 1.54) is 25.7 Å². The van der Waals surface area contributed by atoms with Gasteiger partial charge in [0.25, 0.3) is 0 Å². The van der Waals surface area contributed by atoms with Gasteiger partial charge in [-0.1, -0.05) is 26.7 Å². The van der Waals surface area contributed by atoms with Crippen molar-refractivity contribution in [2.24, 2.45) is 5.92 Å². The van der Waals surface area contributed by atoms with Gasteiger partial charge in [0.2, 0.25) is 0 Å². The Morgan fingerprint density at radius 3 is 2.74 bits per heavy atom. The number of nitrogens with zero attached hydrogens (tertiary/aromatic N) is 2. The minimum absolute atomic E-state index is 0.0803. The number of aromatic nitrogens is 2. The Morgan fingerprint density at radius 2 is 2.16 bits per heavy atom. The van der Waals surface area contributed by atoms with Gasteiger partial charge in [0, 0.05) is 12.5 Å². The van der Waals surface area contributed by atoms with Crippen LogP contribution in [0.25, 0.3) is 0 Å². The predicted octanol–water partition coefficient (Wildman–Crippen LogP) is 2.90. The second-order valence-electron chi connectivity index (χ2n) is 5.48. The van der Waals surface area contributed by atoms with Crippen LogP contribution in [0.2, 0.25) is 0 Å². The van der Waals surface area contributed by atoms with Crippen LogP contribution in [0, 0.1) is 5.92 Å². The molecule has 1 heterocycles. The molecule has 104 valence electrons. The predicted molar refractivity (Wildman–Crippen MR) is 73.5 cm³/mol. The highest BCUT2D eigenvalue weighted by Crippen LogP contribution is 2.25. The Morgan fingerprint density at radius 1 is 1.47 bits per heavy atom. The van der Waals surface area contributed by atoms with Crippen LogP contribution in [0.3, 0.4) is 0 Å². The molecule has 1 fully saturated rings. The number of aromatic carboxylic acids is 1. The highest BCUT2D eigenvalue weighted by molar-refractivity contribution is 5.91. The fourth-order valence-electron chi connectivity index (χ4n) is 2.43. The van der Waals surface area contributed by atoms with Crippen LogP contribution in [0.1, 0.15) is 61.8 Å². The molecule has 0 atom stereocenters. The van der Waals surface area contributed by atoms with Crippen LogP contribution in [-0.4, -0.2) is 27.6 Å². The Labute approximate surface area is 113 Å². The van der Waals surface area contributed by atoms with E-state index < -0.39 is 5.97 Å². The van der Waals surface area contributed by atoms with Crippen LogP contribution < -0.4 is 5.32 Å². The van der Waals surface area contributed by atoms with E-state index in [1.807, 2.05) is 13.8 Å². The first-order valence-corrected chi connectivity index (χ1v) is 6.92. The van der Waals surface area contributed by atoms with Crippen molar-refractivity contribution in [2.45, 2.75) is 45.4 Å². The fraction of sp³-hybridized carbons (Fsp3) is 0.643. The third kappa shape index (κ3) is 3.43. The normalized spacial score (nSPS) is 15.9. The molecule has 0 amide bonds. The maximum atomic E-state index is 11.3. The number of carbonyl (C=O) groups is 1. The summed E-state index contributed by atoms with van der Waals surface area (Å²) in [6, 6.07) is 0. The molecule has 1 aliphatic rings. The van der Waals surface area contributed by atoms with Gasteiger partial charge >= 0.3 is 5.97 Å². The second kappa shape index (κ2) is 5.99. The Bertz CT molecular complexity index is 454. The van der Waals surface area contributed by atoms with E-state index in [2.05, 4.69) is 15.3 Å². The van der Waals surface area contributed by atoms with Gasteiger partial charge in [0.15, 0.2) is 5.69 Å². The molecule has 2 N–H and O–H groups in total. The van der Waals surface area contributed by atoms with Gasteiger partial charge in [-0.2, -0.15) is 0 Å². The van der Waals surface area contributed by atoms with E-state index in [1.54, 1.807) is 6.20 Å². The number of carboxylic acid groups (broad SMARTS) is 1. The third-order valence-corrected chi connectivity index (χ3v) is 3.58. The van der Waals surface area contributed by atoms with E-state index >= 15 is 0 Å². The lowest BCUT2D eigenvalue weighted by Crippen LogP contribution is -2.16. The number of anilines is 1. The molecule has 1 saturated carbocycles. The van der Waals surface area contributed by atoms with Crippen LogP contribution in [-0.2, 0) is 0 Å². The molecule has 0 unspecified atom stereocenters. The van der Waals surface area contributed by atoms with Gasteiger partial charge in [0.05, 0.1) is 11.9 Å². The van der Waals surface area contributed by atoms with Crippen molar-refractivity contribution >= 4 is 11.7 Å². The molecule has 1 aromatic heterocycles. The van der Waals surface area contributed by atoms with Crippen LogP contribution >= 0.6 is 0 Å². The first kappa shape index (κ1) is 13.8. The Hall–Kier alpha value is -1.65. The SMILES string of the molecule is CC(C)c1ncc(NCC2CCCC2)c(C(=O)O)n1. The maximum absolute atomic E-state index is 11.3. The molecule has 0 aliphatic heterocycles.